The van der Waals surface area contributed by atoms with Crippen molar-refractivity contribution < 1.29 is 37.4 Å². The van der Waals surface area contributed by atoms with Crippen LogP contribution in [0.2, 0.25) is 5.15 Å². The minimum Gasteiger partial charge on any atom is -0.462 e. The number of hydrogen-bond donors (Lipinski definition) is 2. The largest absolute Gasteiger partial charge is 0.462 e. The zero-order valence-corrected chi connectivity index (χ0v) is 22.9. The van der Waals surface area contributed by atoms with Crippen molar-refractivity contribution in [1.82, 2.24) is 19.6 Å². The molecule has 208 valence electrons. The minimum absolute atomic E-state index is 0.137. The summed E-state index contributed by atoms with van der Waals surface area (Å²) in [6.45, 7) is 4.13. The number of nitrogens with zero attached hydrogens (tertiary/aromatic N) is 3. The van der Waals surface area contributed by atoms with E-state index in [0.717, 1.165) is 0 Å². The number of carbonyl (C=O) groups excluding carboxylic acids is 1. The molecule has 0 bridgehead atoms. The maximum Gasteiger partial charge on any atom is 0.459 e. The van der Waals surface area contributed by atoms with Crippen molar-refractivity contribution in [2.24, 2.45) is 0 Å². The molecule has 0 amide bonds. The molecule has 4 rings (SSSR count). The van der Waals surface area contributed by atoms with Gasteiger partial charge in [-0.05, 0) is 39.0 Å². The minimum atomic E-state index is -4.31. The van der Waals surface area contributed by atoms with Gasteiger partial charge < -0.3 is 23.7 Å². The van der Waals surface area contributed by atoms with Gasteiger partial charge in [0, 0.05) is 6.20 Å². The number of rotatable bonds is 10. The van der Waals surface area contributed by atoms with Gasteiger partial charge in [-0.1, -0.05) is 35.7 Å². The lowest BCUT2D eigenvalue weighted by Crippen LogP contribution is -2.42. The summed E-state index contributed by atoms with van der Waals surface area (Å²) < 4.78 is 53.1. The number of fused-ring (bicyclic) bond motifs is 1. The second-order valence-corrected chi connectivity index (χ2v) is 11.1. The lowest BCUT2D eigenvalue weighted by atomic mass is 9.97. The SMILES string of the molecule is C#CC1(F)C(O)C(COP(=O)(NC(C)C(=O)OC(C)C)Oc2ccccc2)OC1n1ccc2c(Cl)ncnc21. The Kier molecular flexibility index (Phi) is 8.61. The highest BCUT2D eigenvalue weighted by atomic mass is 35.5. The molecule has 0 aliphatic carbocycles. The van der Waals surface area contributed by atoms with Crippen molar-refractivity contribution >= 4 is 36.4 Å². The van der Waals surface area contributed by atoms with Crippen LogP contribution >= 0.6 is 19.3 Å². The van der Waals surface area contributed by atoms with E-state index in [1.54, 1.807) is 38.1 Å². The molecular weight excluding hydrogens is 554 g/mol. The molecule has 1 fully saturated rings. The predicted octanol–water partition coefficient (Wildman–Crippen LogP) is 3.82. The van der Waals surface area contributed by atoms with E-state index in [1.807, 2.05) is 5.92 Å². The molecule has 1 aliphatic heterocycles. The molecule has 39 heavy (non-hydrogen) atoms. The summed E-state index contributed by atoms with van der Waals surface area (Å²) in [6.07, 6.45) is 2.91. The highest BCUT2D eigenvalue weighted by Crippen LogP contribution is 2.48. The second-order valence-electron chi connectivity index (χ2n) is 9.04. The van der Waals surface area contributed by atoms with Crippen molar-refractivity contribution in [2.45, 2.75) is 57.0 Å². The molecule has 0 saturated carbocycles. The normalized spacial score (nSPS) is 25.2. The molecule has 11 nitrogen and oxygen atoms in total. The van der Waals surface area contributed by atoms with E-state index in [1.165, 1.54) is 36.1 Å². The van der Waals surface area contributed by atoms with Crippen LogP contribution in [0.25, 0.3) is 11.0 Å². The average molecular weight is 581 g/mol. The van der Waals surface area contributed by atoms with Crippen molar-refractivity contribution in [2.75, 3.05) is 6.61 Å². The molecule has 6 atom stereocenters. The Balaban J connectivity index is 1.57. The molecule has 3 aromatic rings. The summed E-state index contributed by atoms with van der Waals surface area (Å²) in [6, 6.07) is 8.52. The number of halogens is 2. The summed E-state index contributed by atoms with van der Waals surface area (Å²) in [5.74, 6) is 1.44. The Labute approximate surface area is 229 Å². The quantitative estimate of drug-likeness (QED) is 0.158. The number of carbonyl (C=O) groups is 1. The van der Waals surface area contributed by atoms with Gasteiger partial charge in [0.2, 0.25) is 5.67 Å². The van der Waals surface area contributed by atoms with Crippen molar-refractivity contribution in [3.63, 3.8) is 0 Å². The van der Waals surface area contributed by atoms with Gasteiger partial charge in [-0.15, -0.1) is 6.42 Å². The van der Waals surface area contributed by atoms with E-state index in [-0.39, 0.29) is 16.5 Å². The van der Waals surface area contributed by atoms with Gasteiger partial charge in [-0.2, -0.15) is 5.09 Å². The van der Waals surface area contributed by atoms with Crippen molar-refractivity contribution in [3.05, 3.63) is 54.1 Å². The van der Waals surface area contributed by atoms with Gasteiger partial charge in [0.05, 0.1) is 18.1 Å². The molecule has 3 heterocycles. The predicted molar refractivity (Wildman–Crippen MR) is 140 cm³/mol. The summed E-state index contributed by atoms with van der Waals surface area (Å²) in [4.78, 5) is 20.4. The van der Waals surface area contributed by atoms with Gasteiger partial charge in [-0.25, -0.2) is 18.9 Å². The Morgan fingerprint density at radius 2 is 2.05 bits per heavy atom. The number of ether oxygens (including phenoxy) is 2. The first-order valence-electron chi connectivity index (χ1n) is 11.9. The summed E-state index contributed by atoms with van der Waals surface area (Å²) in [7, 11) is -4.31. The maximum atomic E-state index is 16.0. The van der Waals surface area contributed by atoms with E-state index < -0.39 is 56.6 Å². The van der Waals surface area contributed by atoms with E-state index in [4.69, 9.17) is 36.5 Å². The number of aromatic nitrogens is 3. The number of alkyl halides is 1. The topological polar surface area (TPSA) is 134 Å². The average Bonchev–Trinajstić information content (AvgIpc) is 3.43. The number of aliphatic hydroxyl groups excluding tert-OH is 1. The smallest absolute Gasteiger partial charge is 0.459 e. The Morgan fingerprint density at radius 1 is 1.33 bits per heavy atom. The van der Waals surface area contributed by atoms with Crippen LogP contribution in [0.3, 0.4) is 0 Å². The fraction of sp³-hybridized carbons (Fsp3) is 0.400. The third kappa shape index (κ3) is 6.09. The number of benzene rings is 1. The van der Waals surface area contributed by atoms with Gasteiger partial charge in [0.15, 0.2) is 6.23 Å². The van der Waals surface area contributed by atoms with Gasteiger partial charge in [0.25, 0.3) is 0 Å². The number of hydrogen-bond acceptors (Lipinski definition) is 9. The van der Waals surface area contributed by atoms with Gasteiger partial charge in [0.1, 0.15) is 41.1 Å². The fourth-order valence-electron chi connectivity index (χ4n) is 3.95. The number of para-hydroxylation sites is 1. The summed E-state index contributed by atoms with van der Waals surface area (Å²) in [5.41, 5.74) is -2.49. The zero-order valence-electron chi connectivity index (χ0n) is 21.2. The van der Waals surface area contributed by atoms with E-state index >= 15 is 4.39 Å². The number of aliphatic hydroxyl groups is 1. The third-order valence-electron chi connectivity index (χ3n) is 5.81. The molecule has 2 aromatic heterocycles. The second kappa shape index (κ2) is 11.6. The Bertz CT molecular complexity index is 1420. The molecule has 2 N–H and O–H groups in total. The summed E-state index contributed by atoms with van der Waals surface area (Å²) >= 11 is 6.10. The molecule has 0 radical (unpaired) electrons. The van der Waals surface area contributed by atoms with Crippen molar-refractivity contribution in [3.8, 4) is 18.1 Å². The molecule has 1 aromatic carbocycles. The first kappa shape index (κ1) is 29.0. The lowest BCUT2D eigenvalue weighted by molar-refractivity contribution is -0.149. The van der Waals surface area contributed by atoms with Crippen molar-refractivity contribution in [1.29, 1.82) is 0 Å². The van der Waals surface area contributed by atoms with E-state index in [0.29, 0.717) is 5.39 Å². The molecule has 1 aliphatic rings. The lowest BCUT2D eigenvalue weighted by Gasteiger charge is -2.25. The van der Waals surface area contributed by atoms with E-state index in [2.05, 4.69) is 15.1 Å². The van der Waals surface area contributed by atoms with Gasteiger partial charge in [-0.3, -0.25) is 9.32 Å². The van der Waals surface area contributed by atoms with Crippen LogP contribution in [0, 0.1) is 12.3 Å². The molecule has 14 heteroatoms. The molecule has 0 spiro atoms. The molecule has 1 saturated heterocycles. The zero-order chi connectivity index (χ0) is 28.4. The monoisotopic (exact) mass is 580 g/mol. The standard InChI is InChI=1S/C25H27ClFN4O7P/c1-5-25(27)20(32)19(37-24(25)31-12-11-18-21(26)28-14-29-22(18)31)13-35-39(34,38-17-9-7-6-8-10-17)30-16(4)23(33)36-15(2)3/h1,6-12,14-16,19-20,24,32H,13H2,2-4H3,(H,30,34). The number of esters is 1. The first-order chi connectivity index (χ1) is 18.5. The fourth-order valence-corrected chi connectivity index (χ4v) is 5.64. The van der Waals surface area contributed by atoms with Crippen LogP contribution in [0.4, 0.5) is 4.39 Å². The van der Waals surface area contributed by atoms with Crippen LogP contribution in [-0.4, -0.2) is 62.2 Å². The van der Waals surface area contributed by atoms with Crippen LogP contribution in [0.5, 0.6) is 5.75 Å². The third-order valence-corrected chi connectivity index (χ3v) is 7.76. The van der Waals surface area contributed by atoms with E-state index in [9.17, 15) is 14.5 Å². The highest BCUT2D eigenvalue weighted by Gasteiger charge is 2.58. The van der Waals surface area contributed by atoms with Gasteiger partial charge >= 0.3 is 13.7 Å². The number of terminal acetylenes is 1. The highest BCUT2D eigenvalue weighted by molar-refractivity contribution is 7.52. The molecular formula is C25H27ClFN4O7P. The maximum absolute atomic E-state index is 16.0. The Hall–Kier alpha value is -3.04. The van der Waals surface area contributed by atoms with Crippen LogP contribution in [-0.2, 0) is 23.4 Å². The first-order valence-corrected chi connectivity index (χ1v) is 13.8. The summed E-state index contributed by atoms with van der Waals surface area (Å²) in [5, 5.41) is 13.9. The van der Waals surface area contributed by atoms with Crippen LogP contribution in [0.15, 0.2) is 48.9 Å². The molecule has 6 unspecified atom stereocenters. The van der Waals surface area contributed by atoms with Crippen LogP contribution in [0.1, 0.15) is 27.0 Å². The van der Waals surface area contributed by atoms with Crippen LogP contribution < -0.4 is 9.61 Å². The Morgan fingerprint density at radius 3 is 2.72 bits per heavy atom. The number of nitrogens with one attached hydrogen (secondary N) is 1.